The Kier molecular flexibility index (Phi) is 4.88. The van der Waals surface area contributed by atoms with E-state index in [1.165, 1.54) is 16.4 Å². The maximum Gasteiger partial charge on any atom is 0.246 e. The zero-order valence-electron chi connectivity index (χ0n) is 13.7. The zero-order chi connectivity index (χ0) is 17.2. The van der Waals surface area contributed by atoms with Crippen molar-refractivity contribution in [1.29, 1.82) is 0 Å². The lowest BCUT2D eigenvalue weighted by atomic mass is 10.1. The fourth-order valence-electron chi connectivity index (χ4n) is 3.02. The monoisotopic (exact) mass is 349 g/mol. The molecule has 7 nitrogen and oxygen atoms in total. The molecule has 1 fully saturated rings. The second-order valence-electron chi connectivity index (χ2n) is 6.21. The normalized spacial score (nSPS) is 17.2. The Balaban J connectivity index is 1.56. The van der Waals surface area contributed by atoms with Crippen molar-refractivity contribution >= 4 is 15.8 Å². The number of sulfonamides is 1. The lowest BCUT2D eigenvalue weighted by Crippen LogP contribution is -2.44. The number of rotatable bonds is 5. The third-order valence-corrected chi connectivity index (χ3v) is 5.81. The molecule has 1 aliphatic heterocycles. The van der Waals surface area contributed by atoms with Gasteiger partial charge in [-0.15, -0.1) is 0 Å². The summed E-state index contributed by atoms with van der Waals surface area (Å²) in [5.74, 6) is 0.0338. The molecule has 0 aliphatic carbocycles. The molecule has 24 heavy (non-hydrogen) atoms. The van der Waals surface area contributed by atoms with Gasteiger partial charge in [-0.25, -0.2) is 13.1 Å². The van der Waals surface area contributed by atoms with E-state index in [9.17, 15) is 8.42 Å². The Hall–Kier alpha value is -1.90. The summed E-state index contributed by atoms with van der Waals surface area (Å²) < 4.78 is 29.1. The number of nitrogens with one attached hydrogen (secondary N) is 1. The van der Waals surface area contributed by atoms with Gasteiger partial charge >= 0.3 is 0 Å². The van der Waals surface area contributed by atoms with E-state index in [2.05, 4.69) is 26.9 Å². The number of benzene rings is 1. The first-order valence-corrected chi connectivity index (χ1v) is 9.50. The number of likely N-dealkylation sites (tertiary alicyclic amines) is 1. The lowest BCUT2D eigenvalue weighted by Gasteiger charge is -2.32. The number of aromatic nitrogens is 2. The van der Waals surface area contributed by atoms with E-state index in [4.69, 9.17) is 5.73 Å². The predicted molar refractivity (Wildman–Crippen MR) is 92.7 cm³/mol. The molecule has 2 heterocycles. The molecular weight excluding hydrogens is 326 g/mol. The minimum absolute atomic E-state index is 0.0338. The second-order valence-corrected chi connectivity index (χ2v) is 7.89. The van der Waals surface area contributed by atoms with Crippen molar-refractivity contribution in [2.45, 2.75) is 30.3 Å². The van der Waals surface area contributed by atoms with E-state index in [1.807, 2.05) is 18.2 Å². The number of nitrogen functional groups attached to an aromatic ring is 1. The average Bonchev–Trinajstić information content (AvgIpc) is 2.90. The number of nitrogens with two attached hydrogens (primary N) is 1. The highest BCUT2D eigenvalue weighted by molar-refractivity contribution is 7.89. The van der Waals surface area contributed by atoms with Crippen LogP contribution >= 0.6 is 0 Å². The van der Waals surface area contributed by atoms with Crippen molar-refractivity contribution in [1.82, 2.24) is 19.4 Å². The third kappa shape index (κ3) is 3.95. The largest absolute Gasteiger partial charge is 0.381 e. The molecule has 0 saturated carbocycles. The van der Waals surface area contributed by atoms with Crippen LogP contribution in [-0.2, 0) is 23.6 Å². The highest BCUT2D eigenvalue weighted by atomic mass is 32.2. The molecule has 2 aromatic rings. The average molecular weight is 349 g/mol. The summed E-state index contributed by atoms with van der Waals surface area (Å²) in [4.78, 5) is 2.40. The summed E-state index contributed by atoms with van der Waals surface area (Å²) in [7, 11) is -1.97. The van der Waals surface area contributed by atoms with Crippen LogP contribution in [0.25, 0.3) is 0 Å². The Labute approximate surface area is 142 Å². The molecule has 3 rings (SSSR count). The van der Waals surface area contributed by atoms with Crippen molar-refractivity contribution in [3.05, 3.63) is 42.1 Å². The van der Waals surface area contributed by atoms with E-state index >= 15 is 0 Å². The number of hydrogen-bond acceptors (Lipinski definition) is 5. The van der Waals surface area contributed by atoms with Crippen LogP contribution in [0.1, 0.15) is 18.4 Å². The third-order valence-electron chi connectivity index (χ3n) is 4.27. The molecule has 0 atom stereocenters. The highest BCUT2D eigenvalue weighted by Gasteiger charge is 2.27. The van der Waals surface area contributed by atoms with Gasteiger partial charge in [-0.05, 0) is 18.4 Å². The van der Waals surface area contributed by atoms with Gasteiger partial charge < -0.3 is 5.73 Å². The van der Waals surface area contributed by atoms with Crippen LogP contribution in [0.2, 0.25) is 0 Å². The van der Waals surface area contributed by atoms with Gasteiger partial charge in [0.05, 0.1) is 0 Å². The van der Waals surface area contributed by atoms with Crippen molar-refractivity contribution in [2.75, 3.05) is 18.8 Å². The Morgan fingerprint density at radius 3 is 2.50 bits per heavy atom. The number of aryl methyl sites for hydroxylation is 1. The predicted octanol–water partition coefficient (Wildman–Crippen LogP) is 0.945. The number of piperidine rings is 1. The van der Waals surface area contributed by atoms with E-state index in [-0.39, 0.29) is 16.8 Å². The van der Waals surface area contributed by atoms with Gasteiger partial charge in [0, 0.05) is 38.9 Å². The molecule has 1 aromatic carbocycles. The van der Waals surface area contributed by atoms with Crippen LogP contribution in [0.15, 0.2) is 41.4 Å². The van der Waals surface area contributed by atoms with Crippen LogP contribution in [-0.4, -0.2) is 42.2 Å². The SMILES string of the molecule is Cn1cc(S(=O)(=O)NC2CCN(Cc3ccccc3)CC2)c(N)n1. The van der Waals surface area contributed by atoms with Gasteiger partial charge in [-0.3, -0.25) is 9.58 Å². The maximum atomic E-state index is 12.4. The first kappa shape index (κ1) is 16.9. The van der Waals surface area contributed by atoms with Crippen LogP contribution in [0.5, 0.6) is 0 Å². The van der Waals surface area contributed by atoms with Crippen molar-refractivity contribution in [3.63, 3.8) is 0 Å². The van der Waals surface area contributed by atoms with Crippen LogP contribution in [0.4, 0.5) is 5.82 Å². The van der Waals surface area contributed by atoms with Gasteiger partial charge in [0.25, 0.3) is 0 Å². The first-order chi connectivity index (χ1) is 11.4. The standard InChI is InChI=1S/C16H23N5O2S/c1-20-12-15(16(17)18-20)24(22,23)19-14-7-9-21(10-8-14)11-13-5-3-2-4-6-13/h2-6,12,14,19H,7-11H2,1H3,(H2,17,18). The molecule has 3 N–H and O–H groups in total. The van der Waals surface area contributed by atoms with E-state index in [1.54, 1.807) is 7.05 Å². The molecule has 0 unspecified atom stereocenters. The van der Waals surface area contributed by atoms with Gasteiger partial charge in [0.2, 0.25) is 10.0 Å². The number of hydrogen-bond donors (Lipinski definition) is 2. The summed E-state index contributed by atoms with van der Waals surface area (Å²) in [6, 6.07) is 10.2. The molecule has 0 radical (unpaired) electrons. The molecule has 1 aromatic heterocycles. The molecule has 130 valence electrons. The van der Waals surface area contributed by atoms with Gasteiger partial charge in [0.1, 0.15) is 4.90 Å². The van der Waals surface area contributed by atoms with Crippen molar-refractivity contribution < 1.29 is 8.42 Å². The van der Waals surface area contributed by atoms with Crippen molar-refractivity contribution in [3.8, 4) is 0 Å². The molecule has 1 saturated heterocycles. The summed E-state index contributed by atoms with van der Waals surface area (Å²) in [5, 5.41) is 3.90. The molecule has 8 heteroatoms. The minimum atomic E-state index is -3.62. The Morgan fingerprint density at radius 2 is 1.92 bits per heavy atom. The second kappa shape index (κ2) is 6.92. The van der Waals surface area contributed by atoms with E-state index < -0.39 is 10.0 Å². The topological polar surface area (TPSA) is 93.2 Å². The minimum Gasteiger partial charge on any atom is -0.381 e. The summed E-state index contributed by atoms with van der Waals surface area (Å²) in [6.07, 6.45) is 3.00. The highest BCUT2D eigenvalue weighted by Crippen LogP contribution is 2.19. The summed E-state index contributed by atoms with van der Waals surface area (Å²) in [5.41, 5.74) is 6.96. The van der Waals surface area contributed by atoms with Crippen LogP contribution in [0.3, 0.4) is 0 Å². The Bertz CT molecular complexity index is 780. The van der Waals surface area contributed by atoms with Gasteiger partial charge in [0.15, 0.2) is 5.82 Å². The zero-order valence-corrected chi connectivity index (χ0v) is 14.5. The first-order valence-electron chi connectivity index (χ1n) is 8.02. The van der Waals surface area contributed by atoms with E-state index in [0.717, 1.165) is 32.5 Å². The number of nitrogens with zero attached hydrogens (tertiary/aromatic N) is 3. The molecule has 0 amide bonds. The van der Waals surface area contributed by atoms with Gasteiger partial charge in [-0.1, -0.05) is 30.3 Å². The smallest absolute Gasteiger partial charge is 0.246 e. The van der Waals surface area contributed by atoms with E-state index in [0.29, 0.717) is 0 Å². The molecule has 1 aliphatic rings. The quantitative estimate of drug-likeness (QED) is 0.838. The molecule has 0 bridgehead atoms. The fourth-order valence-corrected chi connectivity index (χ4v) is 4.43. The number of anilines is 1. The summed E-state index contributed by atoms with van der Waals surface area (Å²) in [6.45, 7) is 2.63. The fraction of sp³-hybridized carbons (Fsp3) is 0.438. The van der Waals surface area contributed by atoms with Crippen LogP contribution < -0.4 is 10.5 Å². The molecular formula is C16H23N5O2S. The maximum absolute atomic E-state index is 12.4. The molecule has 0 spiro atoms. The Morgan fingerprint density at radius 1 is 1.25 bits per heavy atom. The van der Waals surface area contributed by atoms with Gasteiger partial charge in [-0.2, -0.15) is 5.10 Å². The summed E-state index contributed by atoms with van der Waals surface area (Å²) >= 11 is 0. The lowest BCUT2D eigenvalue weighted by molar-refractivity contribution is 0.200. The van der Waals surface area contributed by atoms with Crippen molar-refractivity contribution in [2.24, 2.45) is 7.05 Å². The van der Waals surface area contributed by atoms with Crippen LogP contribution in [0, 0.1) is 0 Å².